The van der Waals surface area contributed by atoms with Gasteiger partial charge in [0.25, 0.3) is 5.91 Å². The van der Waals surface area contributed by atoms with Crippen molar-refractivity contribution < 1.29 is 14.3 Å². The van der Waals surface area contributed by atoms with Crippen LogP contribution >= 0.6 is 0 Å². The van der Waals surface area contributed by atoms with Crippen LogP contribution in [0.5, 0.6) is 11.5 Å². The second kappa shape index (κ2) is 9.17. The first-order valence-electron chi connectivity index (χ1n) is 11.1. The first-order valence-corrected chi connectivity index (χ1v) is 11.1. The Kier molecular flexibility index (Phi) is 5.77. The van der Waals surface area contributed by atoms with Gasteiger partial charge in [-0.15, -0.1) is 0 Å². The van der Waals surface area contributed by atoms with Crippen molar-refractivity contribution in [3.05, 3.63) is 103 Å². The second-order valence-corrected chi connectivity index (χ2v) is 8.08. The fourth-order valence-corrected chi connectivity index (χ4v) is 4.34. The number of para-hydroxylation sites is 3. The standard InChI is InChI=1S/C28H24N2O3/c31-27(29-24-16-6-7-18-26(24)33-21-12-2-1-3-13-21)25-17-9-19-30(25)28(32)23-15-8-11-20-10-4-5-14-22(20)23/h1-8,10-16,18,25H,9,17,19H2,(H,29,31). The highest BCUT2D eigenvalue weighted by atomic mass is 16.5. The Morgan fingerprint density at radius 3 is 2.42 bits per heavy atom. The Morgan fingerprint density at radius 2 is 1.55 bits per heavy atom. The van der Waals surface area contributed by atoms with Crippen molar-refractivity contribution in [2.75, 3.05) is 11.9 Å². The molecule has 1 atom stereocenters. The number of rotatable bonds is 5. The van der Waals surface area contributed by atoms with Crippen LogP contribution in [0.2, 0.25) is 0 Å². The summed E-state index contributed by atoms with van der Waals surface area (Å²) >= 11 is 0. The predicted molar refractivity (Wildman–Crippen MR) is 130 cm³/mol. The molecule has 1 aliphatic heterocycles. The van der Waals surface area contributed by atoms with E-state index in [-0.39, 0.29) is 11.8 Å². The number of fused-ring (bicyclic) bond motifs is 1. The van der Waals surface area contributed by atoms with Crippen molar-refractivity contribution in [1.82, 2.24) is 4.90 Å². The summed E-state index contributed by atoms with van der Waals surface area (Å²) < 4.78 is 5.97. The first kappa shape index (κ1) is 20.8. The number of hydrogen-bond donors (Lipinski definition) is 1. The smallest absolute Gasteiger partial charge is 0.255 e. The van der Waals surface area contributed by atoms with Gasteiger partial charge in [-0.3, -0.25) is 9.59 Å². The zero-order valence-electron chi connectivity index (χ0n) is 18.1. The Balaban J connectivity index is 1.37. The highest BCUT2D eigenvalue weighted by Gasteiger charge is 2.35. The minimum Gasteiger partial charge on any atom is -0.455 e. The average molecular weight is 437 g/mol. The SMILES string of the molecule is O=C(Nc1ccccc1Oc1ccccc1)C1CCCN1C(=O)c1cccc2ccccc12. The topological polar surface area (TPSA) is 58.6 Å². The maximum absolute atomic E-state index is 13.5. The number of carbonyl (C=O) groups is 2. The van der Waals surface area contributed by atoms with Crippen LogP contribution in [-0.4, -0.2) is 29.3 Å². The number of anilines is 1. The minimum atomic E-state index is -0.527. The number of carbonyl (C=O) groups excluding carboxylic acids is 2. The Morgan fingerprint density at radius 1 is 0.818 bits per heavy atom. The van der Waals surface area contributed by atoms with E-state index in [9.17, 15) is 9.59 Å². The van der Waals surface area contributed by atoms with Gasteiger partial charge >= 0.3 is 0 Å². The maximum atomic E-state index is 13.5. The Labute approximate surface area is 192 Å². The number of benzene rings is 4. The monoisotopic (exact) mass is 436 g/mol. The summed E-state index contributed by atoms with van der Waals surface area (Å²) in [6, 6.07) is 29.8. The lowest BCUT2D eigenvalue weighted by molar-refractivity contribution is -0.119. The van der Waals surface area contributed by atoms with Gasteiger partial charge in [-0.05, 0) is 53.9 Å². The minimum absolute atomic E-state index is 0.113. The van der Waals surface area contributed by atoms with Crippen LogP contribution in [0.3, 0.4) is 0 Å². The Bertz CT molecular complexity index is 1300. The fraction of sp³-hybridized carbons (Fsp3) is 0.143. The van der Waals surface area contributed by atoms with E-state index in [1.165, 1.54) is 0 Å². The third kappa shape index (κ3) is 4.30. The highest BCUT2D eigenvalue weighted by molar-refractivity contribution is 6.09. The number of ether oxygens (including phenoxy) is 1. The molecule has 4 aromatic rings. The lowest BCUT2D eigenvalue weighted by Gasteiger charge is -2.25. The van der Waals surface area contributed by atoms with Crippen molar-refractivity contribution in [3.63, 3.8) is 0 Å². The van der Waals surface area contributed by atoms with E-state index in [4.69, 9.17) is 4.74 Å². The van der Waals surface area contributed by atoms with Crippen LogP contribution in [0, 0.1) is 0 Å². The highest BCUT2D eigenvalue weighted by Crippen LogP contribution is 2.31. The van der Waals surface area contributed by atoms with E-state index in [2.05, 4.69) is 5.32 Å². The molecule has 4 aromatic carbocycles. The van der Waals surface area contributed by atoms with Gasteiger partial charge in [0.15, 0.2) is 5.75 Å². The van der Waals surface area contributed by atoms with Gasteiger partial charge < -0.3 is 15.0 Å². The third-order valence-corrected chi connectivity index (χ3v) is 5.95. The van der Waals surface area contributed by atoms with Crippen molar-refractivity contribution in [2.45, 2.75) is 18.9 Å². The molecule has 0 radical (unpaired) electrons. The van der Waals surface area contributed by atoms with E-state index in [1.807, 2.05) is 97.1 Å². The van der Waals surface area contributed by atoms with Crippen molar-refractivity contribution in [3.8, 4) is 11.5 Å². The number of hydrogen-bond acceptors (Lipinski definition) is 3. The first-order chi connectivity index (χ1) is 16.2. The summed E-state index contributed by atoms with van der Waals surface area (Å²) in [5.41, 5.74) is 1.21. The van der Waals surface area contributed by atoms with Crippen molar-refractivity contribution in [1.29, 1.82) is 0 Å². The molecule has 5 heteroatoms. The summed E-state index contributed by atoms with van der Waals surface area (Å²) in [5, 5.41) is 4.90. The van der Waals surface area contributed by atoms with E-state index in [0.29, 0.717) is 35.7 Å². The summed E-state index contributed by atoms with van der Waals surface area (Å²) in [6.07, 6.45) is 1.42. The number of likely N-dealkylation sites (tertiary alicyclic amines) is 1. The molecule has 5 nitrogen and oxygen atoms in total. The largest absolute Gasteiger partial charge is 0.455 e. The van der Waals surface area contributed by atoms with Crippen LogP contribution in [0.4, 0.5) is 5.69 Å². The lowest BCUT2D eigenvalue weighted by atomic mass is 10.0. The number of nitrogens with one attached hydrogen (secondary N) is 1. The van der Waals surface area contributed by atoms with Gasteiger partial charge in [0.2, 0.25) is 5.91 Å². The van der Waals surface area contributed by atoms with Crippen LogP contribution in [0.15, 0.2) is 97.1 Å². The van der Waals surface area contributed by atoms with E-state index < -0.39 is 6.04 Å². The van der Waals surface area contributed by atoms with Crippen LogP contribution in [-0.2, 0) is 4.79 Å². The molecule has 0 spiro atoms. The van der Waals surface area contributed by atoms with Crippen LogP contribution in [0.25, 0.3) is 10.8 Å². The maximum Gasteiger partial charge on any atom is 0.255 e. The summed E-state index contributed by atoms with van der Waals surface area (Å²) in [7, 11) is 0. The average Bonchev–Trinajstić information content (AvgIpc) is 3.35. The molecule has 0 bridgehead atoms. The van der Waals surface area contributed by atoms with E-state index >= 15 is 0 Å². The molecule has 2 amide bonds. The summed E-state index contributed by atoms with van der Waals surface area (Å²) in [4.78, 5) is 28.4. The summed E-state index contributed by atoms with van der Waals surface area (Å²) in [5.74, 6) is 0.929. The second-order valence-electron chi connectivity index (χ2n) is 8.08. The Hall–Kier alpha value is -4.12. The van der Waals surface area contributed by atoms with Crippen molar-refractivity contribution in [2.24, 2.45) is 0 Å². The molecule has 1 N–H and O–H groups in total. The van der Waals surface area contributed by atoms with E-state index in [0.717, 1.165) is 17.2 Å². The van der Waals surface area contributed by atoms with Crippen molar-refractivity contribution >= 4 is 28.3 Å². The van der Waals surface area contributed by atoms with Gasteiger partial charge in [-0.1, -0.05) is 66.7 Å². The molecule has 0 aliphatic carbocycles. The predicted octanol–water partition coefficient (Wildman–Crippen LogP) is 5.88. The molecule has 1 fully saturated rings. The molecule has 1 heterocycles. The molecule has 5 rings (SSSR count). The number of amides is 2. The molecular weight excluding hydrogens is 412 g/mol. The molecule has 1 unspecified atom stereocenters. The molecule has 0 saturated carbocycles. The van der Waals surface area contributed by atoms with Crippen LogP contribution in [0.1, 0.15) is 23.2 Å². The zero-order chi connectivity index (χ0) is 22.6. The third-order valence-electron chi connectivity index (χ3n) is 5.95. The normalized spacial score (nSPS) is 15.4. The quantitative estimate of drug-likeness (QED) is 0.425. The van der Waals surface area contributed by atoms with Crippen LogP contribution < -0.4 is 10.1 Å². The van der Waals surface area contributed by atoms with Gasteiger partial charge in [-0.25, -0.2) is 0 Å². The number of nitrogens with zero attached hydrogens (tertiary/aromatic N) is 1. The van der Waals surface area contributed by atoms with Gasteiger partial charge in [0.05, 0.1) is 5.69 Å². The van der Waals surface area contributed by atoms with E-state index in [1.54, 1.807) is 4.90 Å². The summed E-state index contributed by atoms with van der Waals surface area (Å²) in [6.45, 7) is 0.558. The molecular formula is C28H24N2O3. The fourth-order valence-electron chi connectivity index (χ4n) is 4.34. The molecule has 1 aliphatic rings. The lowest BCUT2D eigenvalue weighted by Crippen LogP contribution is -2.43. The van der Waals surface area contributed by atoms with Gasteiger partial charge in [-0.2, -0.15) is 0 Å². The zero-order valence-corrected chi connectivity index (χ0v) is 18.1. The van der Waals surface area contributed by atoms with Gasteiger partial charge in [0, 0.05) is 12.1 Å². The van der Waals surface area contributed by atoms with Gasteiger partial charge in [0.1, 0.15) is 11.8 Å². The molecule has 164 valence electrons. The molecule has 1 saturated heterocycles. The molecule has 0 aromatic heterocycles. The molecule has 33 heavy (non-hydrogen) atoms.